The Morgan fingerprint density at radius 2 is 2.29 bits per heavy atom. The lowest BCUT2D eigenvalue weighted by atomic mass is 9.75. The predicted molar refractivity (Wildman–Crippen MR) is 72.2 cm³/mol. The zero-order valence-electron chi connectivity index (χ0n) is 10.8. The highest BCUT2D eigenvalue weighted by Gasteiger charge is 2.61. The Hall–Kier alpha value is -1.80. The van der Waals surface area contributed by atoms with Crippen molar-refractivity contribution >= 4 is 22.4 Å². The number of nitrogens with one attached hydrogen (secondary N) is 1. The molecule has 21 heavy (non-hydrogen) atoms. The summed E-state index contributed by atoms with van der Waals surface area (Å²) in [6, 6.07) is 3.35. The Bertz CT molecular complexity index is 650. The number of hydrogen-bond acceptors (Lipinski definition) is 5. The molecule has 0 spiro atoms. The van der Waals surface area contributed by atoms with Crippen LogP contribution in [0.1, 0.15) is 19.3 Å². The summed E-state index contributed by atoms with van der Waals surface area (Å²) in [4.78, 5) is 15.7. The van der Waals surface area contributed by atoms with Crippen LogP contribution in [0.5, 0.6) is 0 Å². The molecule has 112 valence electrons. The fourth-order valence-corrected chi connectivity index (χ4v) is 2.78. The van der Waals surface area contributed by atoms with Crippen LogP contribution in [0.25, 0.3) is 11.5 Å². The van der Waals surface area contributed by atoms with Crippen molar-refractivity contribution < 1.29 is 23.1 Å². The number of carbonyl (C=O) groups excluding carboxylic acids is 1. The maximum absolute atomic E-state index is 13.9. The Kier molecular flexibility index (Phi) is 3.29. The number of amides is 1. The summed E-state index contributed by atoms with van der Waals surface area (Å²) in [6.07, 6.45) is 1.79. The lowest BCUT2D eigenvalue weighted by Crippen LogP contribution is -2.59. The van der Waals surface area contributed by atoms with Gasteiger partial charge >= 0.3 is 5.92 Å². The molecule has 0 atom stereocenters. The van der Waals surface area contributed by atoms with Gasteiger partial charge in [0.15, 0.2) is 10.9 Å². The van der Waals surface area contributed by atoms with Gasteiger partial charge in [0.05, 0.1) is 6.26 Å². The van der Waals surface area contributed by atoms with Crippen LogP contribution in [0.2, 0.25) is 0 Å². The highest BCUT2D eigenvalue weighted by atomic mass is 32.1. The van der Waals surface area contributed by atoms with Crippen molar-refractivity contribution in [3.63, 3.8) is 0 Å². The fraction of sp³-hybridized carbons (Fsp3) is 0.385. The molecule has 2 N–H and O–H groups in total. The quantitative estimate of drug-likeness (QED) is 0.910. The number of hydrogen-bond donors (Lipinski definition) is 2. The topological polar surface area (TPSA) is 75.4 Å². The van der Waals surface area contributed by atoms with E-state index in [0.29, 0.717) is 17.9 Å². The third-order valence-electron chi connectivity index (χ3n) is 3.55. The molecule has 1 aliphatic rings. The first kappa shape index (κ1) is 14.2. The van der Waals surface area contributed by atoms with Gasteiger partial charge in [-0.25, -0.2) is 4.98 Å². The Morgan fingerprint density at radius 3 is 2.86 bits per heavy atom. The lowest BCUT2D eigenvalue weighted by Gasteiger charge is -2.41. The molecule has 0 radical (unpaired) electrons. The predicted octanol–water partition coefficient (Wildman–Crippen LogP) is 2.89. The molecule has 2 aromatic heterocycles. The number of rotatable bonds is 4. The minimum absolute atomic E-state index is 0.0361. The first-order valence-electron chi connectivity index (χ1n) is 6.33. The number of aliphatic hydroxyl groups is 1. The second kappa shape index (κ2) is 4.88. The summed E-state index contributed by atoms with van der Waals surface area (Å²) in [5, 5.41) is 13.4. The van der Waals surface area contributed by atoms with Crippen molar-refractivity contribution in [2.75, 3.05) is 5.32 Å². The van der Waals surface area contributed by atoms with Gasteiger partial charge in [0.2, 0.25) is 0 Å². The number of furan rings is 1. The number of halogens is 2. The first-order valence-corrected chi connectivity index (χ1v) is 7.21. The number of alkyl halides is 2. The molecular weight excluding hydrogens is 302 g/mol. The van der Waals surface area contributed by atoms with E-state index in [4.69, 9.17) is 4.42 Å². The minimum atomic E-state index is -3.83. The first-order chi connectivity index (χ1) is 9.92. The van der Waals surface area contributed by atoms with E-state index in [-0.39, 0.29) is 18.0 Å². The van der Waals surface area contributed by atoms with Gasteiger partial charge in [-0.2, -0.15) is 8.78 Å². The summed E-state index contributed by atoms with van der Waals surface area (Å²) in [7, 11) is 0. The third kappa shape index (κ3) is 2.34. The molecule has 0 aliphatic heterocycles. The fourth-order valence-electron chi connectivity index (χ4n) is 2.08. The monoisotopic (exact) mass is 314 g/mol. The molecule has 8 heteroatoms. The van der Waals surface area contributed by atoms with E-state index in [1.807, 2.05) is 0 Å². The van der Waals surface area contributed by atoms with Crippen LogP contribution < -0.4 is 5.32 Å². The molecule has 0 bridgehead atoms. The van der Waals surface area contributed by atoms with Gasteiger partial charge in [0.1, 0.15) is 11.3 Å². The molecule has 2 heterocycles. The van der Waals surface area contributed by atoms with Crippen molar-refractivity contribution in [2.24, 2.45) is 0 Å². The number of anilines is 1. The van der Waals surface area contributed by atoms with Crippen molar-refractivity contribution in [1.82, 2.24) is 4.98 Å². The van der Waals surface area contributed by atoms with E-state index in [2.05, 4.69) is 10.3 Å². The number of carbonyl (C=O) groups is 1. The highest BCUT2D eigenvalue weighted by molar-refractivity contribution is 7.14. The van der Waals surface area contributed by atoms with Crippen LogP contribution in [0.4, 0.5) is 13.9 Å². The molecule has 1 saturated carbocycles. The van der Waals surface area contributed by atoms with Crippen LogP contribution in [0, 0.1) is 0 Å². The minimum Gasteiger partial charge on any atom is -0.463 e. The maximum Gasteiger partial charge on any atom is 0.352 e. The second-order valence-electron chi connectivity index (χ2n) is 4.93. The summed E-state index contributed by atoms with van der Waals surface area (Å²) in [6.45, 7) is 0. The lowest BCUT2D eigenvalue weighted by molar-refractivity contribution is -0.212. The molecular formula is C13H12F2N2O3S. The number of aromatic nitrogens is 1. The standard InChI is InChI=1S/C13H12F2N2O3S/c14-13(15,12(19)4-2-5-12)10(18)17-11-16-8(7-21-11)9-3-1-6-20-9/h1,3,6-7,19H,2,4-5H2,(H,16,17,18). The van der Waals surface area contributed by atoms with Gasteiger partial charge in [-0.3, -0.25) is 10.1 Å². The van der Waals surface area contributed by atoms with Crippen LogP contribution in [-0.2, 0) is 4.79 Å². The maximum atomic E-state index is 13.9. The van der Waals surface area contributed by atoms with E-state index in [0.717, 1.165) is 11.3 Å². The number of thiazole rings is 1. The zero-order valence-corrected chi connectivity index (χ0v) is 11.6. The normalized spacial score (nSPS) is 17.3. The van der Waals surface area contributed by atoms with Gasteiger partial charge in [-0.1, -0.05) is 0 Å². The van der Waals surface area contributed by atoms with E-state index in [1.165, 1.54) is 6.26 Å². The van der Waals surface area contributed by atoms with E-state index >= 15 is 0 Å². The number of nitrogens with zero attached hydrogens (tertiary/aromatic N) is 1. The van der Waals surface area contributed by atoms with Gasteiger partial charge < -0.3 is 9.52 Å². The van der Waals surface area contributed by atoms with Crippen molar-refractivity contribution in [3.8, 4) is 11.5 Å². The molecule has 0 aromatic carbocycles. The Balaban J connectivity index is 1.73. The highest BCUT2D eigenvalue weighted by Crippen LogP contribution is 2.44. The van der Waals surface area contributed by atoms with E-state index in [9.17, 15) is 18.7 Å². The van der Waals surface area contributed by atoms with Crippen LogP contribution in [0.15, 0.2) is 28.2 Å². The summed E-state index contributed by atoms with van der Waals surface area (Å²) < 4.78 is 32.9. The molecule has 5 nitrogen and oxygen atoms in total. The smallest absolute Gasteiger partial charge is 0.352 e. The molecule has 0 saturated heterocycles. The van der Waals surface area contributed by atoms with Crippen molar-refractivity contribution in [2.45, 2.75) is 30.8 Å². The third-order valence-corrected chi connectivity index (χ3v) is 4.31. The van der Waals surface area contributed by atoms with Crippen LogP contribution in [0.3, 0.4) is 0 Å². The molecule has 0 unspecified atom stereocenters. The van der Waals surface area contributed by atoms with Gasteiger partial charge in [-0.05, 0) is 31.4 Å². The molecule has 3 rings (SSSR count). The molecule has 1 amide bonds. The Morgan fingerprint density at radius 1 is 1.52 bits per heavy atom. The summed E-state index contributed by atoms with van der Waals surface area (Å²) >= 11 is 1.01. The average Bonchev–Trinajstić information content (AvgIpc) is 3.05. The average molecular weight is 314 g/mol. The second-order valence-corrected chi connectivity index (χ2v) is 5.79. The SMILES string of the molecule is O=C(Nc1nc(-c2ccco2)cs1)C(F)(F)C1(O)CCC1. The zero-order chi connectivity index (χ0) is 15.1. The van der Waals surface area contributed by atoms with Crippen LogP contribution >= 0.6 is 11.3 Å². The summed E-state index contributed by atoms with van der Waals surface area (Å²) in [5.74, 6) is -4.89. The van der Waals surface area contributed by atoms with Gasteiger partial charge in [0.25, 0.3) is 5.91 Å². The van der Waals surface area contributed by atoms with E-state index < -0.39 is 17.4 Å². The van der Waals surface area contributed by atoms with Crippen molar-refractivity contribution in [3.05, 3.63) is 23.8 Å². The van der Waals surface area contributed by atoms with Crippen molar-refractivity contribution in [1.29, 1.82) is 0 Å². The van der Waals surface area contributed by atoms with Gasteiger partial charge in [0, 0.05) is 5.38 Å². The molecule has 1 fully saturated rings. The van der Waals surface area contributed by atoms with E-state index in [1.54, 1.807) is 17.5 Å². The molecule has 2 aromatic rings. The summed E-state index contributed by atoms with van der Waals surface area (Å²) in [5.41, 5.74) is -1.79. The Labute approximate surface area is 122 Å². The van der Waals surface area contributed by atoms with Gasteiger partial charge in [-0.15, -0.1) is 11.3 Å². The van der Waals surface area contributed by atoms with Crippen LogP contribution in [-0.4, -0.2) is 27.5 Å². The molecule has 1 aliphatic carbocycles. The largest absolute Gasteiger partial charge is 0.463 e.